The van der Waals surface area contributed by atoms with Crippen LogP contribution in [0.5, 0.6) is 0 Å². The molecule has 1 aromatic rings. The molecular weight excluding hydrogens is 160 g/mol. The average molecular weight is 169 g/mol. The van der Waals surface area contributed by atoms with Crippen LogP contribution in [-0.2, 0) is 11.2 Å². The van der Waals surface area contributed by atoms with Gasteiger partial charge in [-0.15, -0.1) is 0 Å². The Morgan fingerprint density at radius 1 is 1.55 bits per heavy atom. The molecule has 1 nitrogen and oxygen atoms in total. The van der Waals surface area contributed by atoms with Crippen molar-refractivity contribution < 1.29 is 4.79 Å². The second-order valence-electron chi connectivity index (χ2n) is 2.41. The highest BCUT2D eigenvalue weighted by Crippen LogP contribution is 2.18. The van der Waals surface area contributed by atoms with E-state index in [1.54, 1.807) is 6.07 Å². The quantitative estimate of drug-likeness (QED) is 0.620. The highest BCUT2D eigenvalue weighted by Gasteiger charge is 2.00. The Kier molecular flexibility index (Phi) is 2.66. The molecular formula is C9H9ClO. The van der Waals surface area contributed by atoms with Crippen LogP contribution in [0.3, 0.4) is 0 Å². The SMILES string of the molecule is Cc1cccc(Cl)c1CC=O. The first-order chi connectivity index (χ1) is 5.25. The lowest BCUT2D eigenvalue weighted by Gasteiger charge is -2.02. The maximum atomic E-state index is 10.2. The minimum absolute atomic E-state index is 0.408. The number of aldehydes is 1. The molecule has 0 unspecified atom stereocenters. The van der Waals surface area contributed by atoms with Crippen molar-refractivity contribution in [3.8, 4) is 0 Å². The van der Waals surface area contributed by atoms with Gasteiger partial charge in [0.25, 0.3) is 0 Å². The predicted octanol–water partition coefficient (Wildman–Crippen LogP) is 2.39. The second-order valence-corrected chi connectivity index (χ2v) is 2.81. The van der Waals surface area contributed by atoms with Gasteiger partial charge in [0.15, 0.2) is 0 Å². The van der Waals surface area contributed by atoms with Crippen molar-refractivity contribution in [2.75, 3.05) is 0 Å². The molecule has 0 fully saturated rings. The zero-order valence-electron chi connectivity index (χ0n) is 6.30. The van der Waals surface area contributed by atoms with Crippen molar-refractivity contribution in [2.45, 2.75) is 13.3 Å². The van der Waals surface area contributed by atoms with Gasteiger partial charge in [-0.3, -0.25) is 0 Å². The fourth-order valence-electron chi connectivity index (χ4n) is 1.01. The van der Waals surface area contributed by atoms with Crippen LogP contribution >= 0.6 is 11.6 Å². The largest absolute Gasteiger partial charge is 0.303 e. The molecule has 0 saturated heterocycles. The molecule has 58 valence electrons. The molecule has 2 heteroatoms. The first-order valence-corrected chi connectivity index (χ1v) is 3.81. The number of benzene rings is 1. The van der Waals surface area contributed by atoms with E-state index in [1.807, 2.05) is 19.1 Å². The van der Waals surface area contributed by atoms with Gasteiger partial charge in [0.2, 0.25) is 0 Å². The van der Waals surface area contributed by atoms with Crippen molar-refractivity contribution in [1.29, 1.82) is 0 Å². The lowest BCUT2D eigenvalue weighted by molar-refractivity contribution is -0.107. The van der Waals surface area contributed by atoms with Crippen molar-refractivity contribution in [2.24, 2.45) is 0 Å². The topological polar surface area (TPSA) is 17.1 Å². The molecule has 0 N–H and O–H groups in total. The summed E-state index contributed by atoms with van der Waals surface area (Å²) in [5.74, 6) is 0. The highest BCUT2D eigenvalue weighted by molar-refractivity contribution is 6.31. The summed E-state index contributed by atoms with van der Waals surface area (Å²) in [5.41, 5.74) is 2.01. The van der Waals surface area contributed by atoms with E-state index in [1.165, 1.54) is 0 Å². The maximum Gasteiger partial charge on any atom is 0.124 e. The number of carbonyl (C=O) groups is 1. The molecule has 0 heterocycles. The van der Waals surface area contributed by atoms with Gasteiger partial charge in [-0.05, 0) is 24.1 Å². The van der Waals surface area contributed by atoms with Gasteiger partial charge in [0.1, 0.15) is 6.29 Å². The van der Waals surface area contributed by atoms with E-state index >= 15 is 0 Å². The molecule has 0 aliphatic carbocycles. The average Bonchev–Trinajstić information content (AvgIpc) is 1.97. The van der Waals surface area contributed by atoms with Gasteiger partial charge in [-0.1, -0.05) is 23.7 Å². The zero-order valence-corrected chi connectivity index (χ0v) is 7.06. The molecule has 0 saturated carbocycles. The molecule has 0 aliphatic heterocycles. The van der Waals surface area contributed by atoms with Crippen molar-refractivity contribution >= 4 is 17.9 Å². The van der Waals surface area contributed by atoms with Gasteiger partial charge < -0.3 is 4.79 Å². The summed E-state index contributed by atoms with van der Waals surface area (Å²) in [6, 6.07) is 5.63. The summed E-state index contributed by atoms with van der Waals surface area (Å²) in [6.07, 6.45) is 1.28. The molecule has 0 radical (unpaired) electrons. The van der Waals surface area contributed by atoms with Gasteiger partial charge in [0, 0.05) is 11.4 Å². The minimum atomic E-state index is 0.408. The van der Waals surface area contributed by atoms with Gasteiger partial charge >= 0.3 is 0 Å². The number of rotatable bonds is 2. The molecule has 0 aliphatic rings. The van der Waals surface area contributed by atoms with Crippen molar-refractivity contribution in [3.63, 3.8) is 0 Å². The Labute approximate surface area is 71.0 Å². The summed E-state index contributed by atoms with van der Waals surface area (Å²) in [4.78, 5) is 10.2. The highest BCUT2D eigenvalue weighted by atomic mass is 35.5. The van der Waals surface area contributed by atoms with Crippen LogP contribution in [0.1, 0.15) is 11.1 Å². The van der Waals surface area contributed by atoms with Crippen molar-refractivity contribution in [3.05, 3.63) is 34.3 Å². The first kappa shape index (κ1) is 8.28. The molecule has 0 atom stereocenters. The van der Waals surface area contributed by atoms with E-state index in [4.69, 9.17) is 11.6 Å². The summed E-state index contributed by atoms with van der Waals surface area (Å²) in [5, 5.41) is 0.678. The number of hydrogen-bond acceptors (Lipinski definition) is 1. The zero-order chi connectivity index (χ0) is 8.27. The lowest BCUT2D eigenvalue weighted by atomic mass is 10.1. The minimum Gasteiger partial charge on any atom is -0.303 e. The van der Waals surface area contributed by atoms with Crippen LogP contribution in [0, 0.1) is 6.92 Å². The fraction of sp³-hybridized carbons (Fsp3) is 0.222. The summed E-state index contributed by atoms with van der Waals surface area (Å²) in [6.45, 7) is 1.95. The van der Waals surface area contributed by atoms with E-state index in [-0.39, 0.29) is 0 Å². The molecule has 0 aromatic heterocycles. The van der Waals surface area contributed by atoms with E-state index in [0.29, 0.717) is 11.4 Å². The molecule has 0 amide bonds. The standard InChI is InChI=1S/C9H9ClO/c1-7-3-2-4-9(10)8(7)5-6-11/h2-4,6H,5H2,1H3. The van der Waals surface area contributed by atoms with Crippen LogP contribution < -0.4 is 0 Å². The van der Waals surface area contributed by atoms with E-state index in [2.05, 4.69) is 0 Å². The third-order valence-corrected chi connectivity index (χ3v) is 1.99. The smallest absolute Gasteiger partial charge is 0.124 e. The Bertz CT molecular complexity index is 248. The summed E-state index contributed by atoms with van der Waals surface area (Å²) < 4.78 is 0. The fourth-order valence-corrected chi connectivity index (χ4v) is 1.31. The summed E-state index contributed by atoms with van der Waals surface area (Å²) in [7, 11) is 0. The van der Waals surface area contributed by atoms with Crippen LogP contribution in [0.4, 0.5) is 0 Å². The molecule has 11 heavy (non-hydrogen) atoms. The van der Waals surface area contributed by atoms with Crippen LogP contribution in [0.15, 0.2) is 18.2 Å². The molecule has 0 bridgehead atoms. The Morgan fingerprint density at radius 2 is 2.27 bits per heavy atom. The molecule has 1 rings (SSSR count). The third kappa shape index (κ3) is 1.81. The summed E-state index contributed by atoms with van der Waals surface area (Å²) >= 11 is 5.85. The van der Waals surface area contributed by atoms with Gasteiger partial charge in [0.05, 0.1) is 0 Å². The Balaban J connectivity index is 3.09. The molecule has 0 spiro atoms. The monoisotopic (exact) mass is 168 g/mol. The number of halogens is 1. The first-order valence-electron chi connectivity index (χ1n) is 3.43. The van der Waals surface area contributed by atoms with Crippen LogP contribution in [0.2, 0.25) is 5.02 Å². The third-order valence-electron chi connectivity index (χ3n) is 1.64. The number of carbonyl (C=O) groups excluding carboxylic acids is 1. The number of hydrogen-bond donors (Lipinski definition) is 0. The maximum absolute atomic E-state index is 10.2. The second kappa shape index (κ2) is 3.54. The normalized spacial score (nSPS) is 9.64. The lowest BCUT2D eigenvalue weighted by Crippen LogP contribution is -1.90. The van der Waals surface area contributed by atoms with Crippen LogP contribution in [0.25, 0.3) is 0 Å². The van der Waals surface area contributed by atoms with Crippen LogP contribution in [-0.4, -0.2) is 6.29 Å². The van der Waals surface area contributed by atoms with E-state index < -0.39 is 0 Å². The van der Waals surface area contributed by atoms with Gasteiger partial charge in [-0.25, -0.2) is 0 Å². The van der Waals surface area contributed by atoms with E-state index in [0.717, 1.165) is 17.4 Å². The van der Waals surface area contributed by atoms with E-state index in [9.17, 15) is 4.79 Å². The Morgan fingerprint density at radius 3 is 2.82 bits per heavy atom. The van der Waals surface area contributed by atoms with Gasteiger partial charge in [-0.2, -0.15) is 0 Å². The van der Waals surface area contributed by atoms with Crippen molar-refractivity contribution in [1.82, 2.24) is 0 Å². The number of aryl methyl sites for hydroxylation is 1. The predicted molar refractivity (Wildman–Crippen MR) is 46.0 cm³/mol. The molecule has 1 aromatic carbocycles. The Hall–Kier alpha value is -0.820.